The van der Waals surface area contributed by atoms with Crippen LogP contribution in [-0.4, -0.2) is 32.1 Å². The van der Waals surface area contributed by atoms with Crippen molar-refractivity contribution in [1.82, 2.24) is 10.6 Å². The van der Waals surface area contributed by atoms with Crippen LogP contribution in [0.4, 0.5) is 5.69 Å². The number of methoxy groups -OCH3 is 1. The van der Waals surface area contributed by atoms with Gasteiger partial charge in [-0.1, -0.05) is 29.8 Å². The fourth-order valence-electron chi connectivity index (χ4n) is 2.63. The summed E-state index contributed by atoms with van der Waals surface area (Å²) in [6.07, 6.45) is 0.872. The summed E-state index contributed by atoms with van der Waals surface area (Å²) in [6, 6.07) is 13.5. The van der Waals surface area contributed by atoms with E-state index in [1.807, 2.05) is 49.4 Å². The highest BCUT2D eigenvalue weighted by Crippen LogP contribution is 2.25. The topological polar surface area (TPSA) is 74.8 Å². The van der Waals surface area contributed by atoms with Crippen molar-refractivity contribution in [1.29, 1.82) is 0 Å². The van der Waals surface area contributed by atoms with Crippen molar-refractivity contribution in [2.75, 3.05) is 25.5 Å². The maximum atomic E-state index is 11.4. The highest BCUT2D eigenvalue weighted by molar-refractivity contribution is 14.0. The van der Waals surface area contributed by atoms with E-state index in [1.54, 1.807) is 7.11 Å². The van der Waals surface area contributed by atoms with Crippen LogP contribution in [0.5, 0.6) is 5.75 Å². The second kappa shape index (κ2) is 13.3. The number of rotatable bonds is 8. The van der Waals surface area contributed by atoms with Gasteiger partial charge in [-0.05, 0) is 48.7 Å². The van der Waals surface area contributed by atoms with Crippen molar-refractivity contribution < 1.29 is 9.53 Å². The van der Waals surface area contributed by atoms with Crippen LogP contribution >= 0.6 is 35.6 Å². The largest absolute Gasteiger partial charge is 0.495 e. The van der Waals surface area contributed by atoms with Gasteiger partial charge in [0.25, 0.3) is 0 Å². The van der Waals surface area contributed by atoms with E-state index in [-0.39, 0.29) is 29.9 Å². The molecule has 0 unspecified atom stereocenters. The molecule has 2 rings (SSSR count). The molecule has 0 atom stereocenters. The Labute approximate surface area is 194 Å². The maximum absolute atomic E-state index is 11.4. The normalized spacial score (nSPS) is 10.7. The highest BCUT2D eigenvalue weighted by Gasteiger charge is 2.06. The van der Waals surface area contributed by atoms with Crippen LogP contribution in [-0.2, 0) is 17.8 Å². The second-order valence-electron chi connectivity index (χ2n) is 6.21. The van der Waals surface area contributed by atoms with Crippen LogP contribution in [0.25, 0.3) is 0 Å². The first kappa shape index (κ1) is 25.0. The number of halogens is 2. The molecule has 0 aliphatic heterocycles. The minimum Gasteiger partial charge on any atom is -0.495 e. The molecule has 0 radical (unpaired) electrons. The van der Waals surface area contributed by atoms with Crippen molar-refractivity contribution in [2.24, 2.45) is 4.99 Å². The first-order valence-corrected chi connectivity index (χ1v) is 9.60. The molecule has 0 aliphatic carbocycles. The molecule has 6 nitrogen and oxygen atoms in total. The summed E-state index contributed by atoms with van der Waals surface area (Å²) in [5.41, 5.74) is 2.82. The number of hydrogen-bond donors (Lipinski definition) is 3. The van der Waals surface area contributed by atoms with Gasteiger partial charge in [-0.15, -0.1) is 24.0 Å². The zero-order valence-corrected chi connectivity index (χ0v) is 20.0. The third-order valence-electron chi connectivity index (χ3n) is 3.96. The number of nitrogens with zero attached hydrogens (tertiary/aromatic N) is 1. The van der Waals surface area contributed by atoms with Crippen molar-refractivity contribution in [3.05, 3.63) is 58.6 Å². The molecule has 2 aromatic carbocycles. The Bertz CT molecular complexity index is 813. The van der Waals surface area contributed by atoms with Gasteiger partial charge in [0.2, 0.25) is 5.91 Å². The van der Waals surface area contributed by atoms with Gasteiger partial charge in [0.15, 0.2) is 5.96 Å². The van der Waals surface area contributed by atoms with E-state index in [2.05, 4.69) is 20.9 Å². The number of nitrogens with one attached hydrogen (secondary N) is 3. The Morgan fingerprint density at radius 3 is 2.41 bits per heavy atom. The molecule has 0 saturated heterocycles. The number of aliphatic imine (C=N–C) groups is 1. The molecule has 0 bridgehead atoms. The average molecular weight is 531 g/mol. The van der Waals surface area contributed by atoms with E-state index in [4.69, 9.17) is 16.3 Å². The summed E-state index contributed by atoms with van der Waals surface area (Å²) >= 11 is 5.92. The lowest BCUT2D eigenvalue weighted by Crippen LogP contribution is -2.38. The zero-order valence-electron chi connectivity index (χ0n) is 16.9. The third kappa shape index (κ3) is 8.91. The highest BCUT2D eigenvalue weighted by atomic mass is 127. The van der Waals surface area contributed by atoms with Gasteiger partial charge in [0, 0.05) is 25.0 Å². The quantitative estimate of drug-likeness (QED) is 0.271. The molecule has 0 spiro atoms. The fraction of sp³-hybridized carbons (Fsp3) is 0.333. The lowest BCUT2D eigenvalue weighted by Gasteiger charge is -2.13. The van der Waals surface area contributed by atoms with Gasteiger partial charge in [-0.25, -0.2) is 4.99 Å². The molecule has 8 heteroatoms. The van der Waals surface area contributed by atoms with Crippen molar-refractivity contribution in [3.8, 4) is 5.75 Å². The zero-order chi connectivity index (χ0) is 20.4. The first-order valence-electron chi connectivity index (χ1n) is 9.23. The summed E-state index contributed by atoms with van der Waals surface area (Å²) in [6.45, 7) is 5.50. The lowest BCUT2D eigenvalue weighted by atomic mass is 10.1. The molecule has 2 aromatic rings. The number of guanidine groups is 1. The van der Waals surface area contributed by atoms with Crippen LogP contribution in [0, 0.1) is 0 Å². The molecule has 0 heterocycles. The van der Waals surface area contributed by atoms with Crippen LogP contribution in [0.1, 0.15) is 25.0 Å². The standard InChI is InChI=1S/C21H27ClN4O2.HI/c1-4-23-21(24-12-11-16-5-8-18(22)9-6-16)25-14-17-7-10-20(28-3)19(13-17)26-15(2)27;/h5-10,13H,4,11-12,14H2,1-3H3,(H,26,27)(H2,23,24,25);1H. The second-order valence-corrected chi connectivity index (χ2v) is 6.65. The van der Waals surface area contributed by atoms with E-state index in [9.17, 15) is 4.79 Å². The number of amides is 1. The summed E-state index contributed by atoms with van der Waals surface area (Å²) in [5.74, 6) is 1.22. The predicted octanol–water partition coefficient (Wildman–Crippen LogP) is 4.22. The van der Waals surface area contributed by atoms with Crippen molar-refractivity contribution >= 4 is 53.1 Å². The fourth-order valence-corrected chi connectivity index (χ4v) is 2.76. The summed E-state index contributed by atoms with van der Waals surface area (Å²) in [4.78, 5) is 16.0. The van der Waals surface area contributed by atoms with Gasteiger partial charge in [-0.2, -0.15) is 0 Å². The number of carbonyl (C=O) groups is 1. The summed E-state index contributed by atoms with van der Waals surface area (Å²) < 4.78 is 5.28. The molecule has 0 aromatic heterocycles. The lowest BCUT2D eigenvalue weighted by molar-refractivity contribution is -0.114. The Balaban J connectivity index is 0.00000420. The van der Waals surface area contributed by atoms with Crippen LogP contribution < -0.4 is 20.7 Å². The number of ether oxygens (including phenoxy) is 1. The molecule has 0 saturated carbocycles. The average Bonchev–Trinajstić information content (AvgIpc) is 2.67. The van der Waals surface area contributed by atoms with Crippen molar-refractivity contribution in [2.45, 2.75) is 26.8 Å². The van der Waals surface area contributed by atoms with Gasteiger partial charge in [0.1, 0.15) is 5.75 Å². The monoisotopic (exact) mass is 530 g/mol. The molecular weight excluding hydrogens is 503 g/mol. The molecule has 3 N–H and O–H groups in total. The van der Waals surface area contributed by atoms with Crippen molar-refractivity contribution in [3.63, 3.8) is 0 Å². The SMILES string of the molecule is CCNC(=NCc1ccc(OC)c(NC(C)=O)c1)NCCc1ccc(Cl)cc1.I. The summed E-state index contributed by atoms with van der Waals surface area (Å²) in [5, 5.41) is 10.1. The molecule has 0 aliphatic rings. The number of carbonyl (C=O) groups excluding carboxylic acids is 1. The van der Waals surface area contributed by atoms with Gasteiger partial charge >= 0.3 is 0 Å². The Kier molecular flexibility index (Phi) is 11.5. The molecular formula is C21H28ClIN4O2. The van der Waals surface area contributed by atoms with E-state index in [0.29, 0.717) is 18.0 Å². The van der Waals surface area contributed by atoms with Gasteiger partial charge in [0.05, 0.1) is 19.3 Å². The molecule has 29 heavy (non-hydrogen) atoms. The van der Waals surface area contributed by atoms with Gasteiger partial charge in [-0.3, -0.25) is 4.79 Å². The number of anilines is 1. The number of hydrogen-bond acceptors (Lipinski definition) is 3. The third-order valence-corrected chi connectivity index (χ3v) is 4.21. The van der Waals surface area contributed by atoms with E-state index in [1.165, 1.54) is 12.5 Å². The summed E-state index contributed by atoms with van der Waals surface area (Å²) in [7, 11) is 1.58. The molecule has 1 amide bonds. The maximum Gasteiger partial charge on any atom is 0.221 e. The van der Waals surface area contributed by atoms with E-state index in [0.717, 1.165) is 36.1 Å². The van der Waals surface area contributed by atoms with Crippen LogP contribution in [0.2, 0.25) is 5.02 Å². The van der Waals surface area contributed by atoms with Crippen LogP contribution in [0.3, 0.4) is 0 Å². The van der Waals surface area contributed by atoms with E-state index >= 15 is 0 Å². The Morgan fingerprint density at radius 1 is 1.10 bits per heavy atom. The van der Waals surface area contributed by atoms with Crippen LogP contribution in [0.15, 0.2) is 47.5 Å². The smallest absolute Gasteiger partial charge is 0.221 e. The van der Waals surface area contributed by atoms with E-state index < -0.39 is 0 Å². The number of benzene rings is 2. The minimum atomic E-state index is -0.142. The molecule has 158 valence electrons. The minimum absolute atomic E-state index is 0. The van der Waals surface area contributed by atoms with Gasteiger partial charge < -0.3 is 20.7 Å². The Hall–Kier alpha value is -2.00. The predicted molar refractivity (Wildman–Crippen MR) is 131 cm³/mol. The Morgan fingerprint density at radius 2 is 1.79 bits per heavy atom. The first-order chi connectivity index (χ1) is 13.5. The molecule has 0 fully saturated rings.